The average Bonchev–Trinajstić information content (AvgIpc) is 2.33. The number of nitrogens with zero attached hydrogens (tertiary/aromatic N) is 1. The molecule has 0 bridgehead atoms. The number of fused-ring (bicyclic) bond motifs is 1. The zero-order valence-corrected chi connectivity index (χ0v) is 10.6. The van der Waals surface area contributed by atoms with Gasteiger partial charge < -0.3 is 10.2 Å². The molecule has 92 valence electrons. The molecule has 0 aliphatic carbocycles. The van der Waals surface area contributed by atoms with Gasteiger partial charge in [0.1, 0.15) is 0 Å². The van der Waals surface area contributed by atoms with Crippen LogP contribution in [0.1, 0.15) is 18.9 Å². The minimum absolute atomic E-state index is 0.256. The molecule has 1 unspecified atom stereocenters. The van der Waals surface area contributed by atoms with Gasteiger partial charge >= 0.3 is 0 Å². The highest BCUT2D eigenvalue weighted by atomic mass is 16.2. The van der Waals surface area contributed by atoms with E-state index in [9.17, 15) is 4.79 Å². The van der Waals surface area contributed by atoms with E-state index < -0.39 is 0 Å². The Kier molecular flexibility index (Phi) is 3.79. The predicted octanol–water partition coefficient (Wildman–Crippen LogP) is 1.82. The number of nitrogens with one attached hydrogen (secondary N) is 1. The fourth-order valence-electron chi connectivity index (χ4n) is 2.42. The molecule has 0 fully saturated rings. The molecule has 1 N–H and O–H groups in total. The van der Waals surface area contributed by atoms with Crippen molar-refractivity contribution in [3.05, 3.63) is 29.8 Å². The van der Waals surface area contributed by atoms with Crippen LogP contribution >= 0.6 is 0 Å². The van der Waals surface area contributed by atoms with E-state index in [1.807, 2.05) is 24.1 Å². The monoisotopic (exact) mass is 232 g/mol. The Morgan fingerprint density at radius 2 is 2.12 bits per heavy atom. The van der Waals surface area contributed by atoms with Crippen LogP contribution in [-0.2, 0) is 11.2 Å². The normalized spacial score (nSPS) is 16.8. The molecule has 0 spiro atoms. The smallest absolute Gasteiger partial charge is 0.227 e. The first kappa shape index (κ1) is 12.1. The van der Waals surface area contributed by atoms with Crippen molar-refractivity contribution in [3.63, 3.8) is 0 Å². The van der Waals surface area contributed by atoms with Gasteiger partial charge in [-0.2, -0.15) is 0 Å². The van der Waals surface area contributed by atoms with Crippen LogP contribution in [0.4, 0.5) is 5.69 Å². The van der Waals surface area contributed by atoms with Gasteiger partial charge in [-0.3, -0.25) is 4.79 Å². The lowest BCUT2D eigenvalue weighted by molar-refractivity contribution is -0.119. The third kappa shape index (κ3) is 2.67. The van der Waals surface area contributed by atoms with E-state index in [2.05, 4.69) is 24.4 Å². The summed E-state index contributed by atoms with van der Waals surface area (Å²) in [7, 11) is 1.95. The Balaban J connectivity index is 2.18. The summed E-state index contributed by atoms with van der Waals surface area (Å²) in [6, 6.07) is 8.23. The fraction of sp³-hybridized carbons (Fsp3) is 0.500. The van der Waals surface area contributed by atoms with Crippen LogP contribution < -0.4 is 10.2 Å². The maximum atomic E-state index is 12.0. The highest BCUT2D eigenvalue weighted by Gasteiger charge is 2.24. The van der Waals surface area contributed by atoms with E-state index in [-0.39, 0.29) is 5.91 Å². The van der Waals surface area contributed by atoms with Gasteiger partial charge in [0.2, 0.25) is 5.91 Å². The second-order valence-electron chi connectivity index (χ2n) is 4.80. The highest BCUT2D eigenvalue weighted by Crippen LogP contribution is 2.27. The highest BCUT2D eigenvalue weighted by molar-refractivity contribution is 5.96. The molecule has 1 aliphatic heterocycles. The van der Waals surface area contributed by atoms with Crippen molar-refractivity contribution in [2.24, 2.45) is 5.92 Å². The van der Waals surface area contributed by atoms with Crippen LogP contribution in [-0.4, -0.2) is 26.0 Å². The van der Waals surface area contributed by atoms with E-state index in [0.29, 0.717) is 12.3 Å². The molecule has 0 saturated heterocycles. The van der Waals surface area contributed by atoms with Crippen LogP contribution in [0.15, 0.2) is 24.3 Å². The molecule has 1 heterocycles. The van der Waals surface area contributed by atoms with Crippen LogP contribution in [0, 0.1) is 5.92 Å². The SMILES string of the molecule is CNCC(C)CN1C(=O)CCc2ccccc21. The van der Waals surface area contributed by atoms with Gasteiger partial charge in [-0.25, -0.2) is 0 Å². The molecule has 3 nitrogen and oxygen atoms in total. The zero-order valence-electron chi connectivity index (χ0n) is 10.6. The molecule has 1 amide bonds. The molecule has 17 heavy (non-hydrogen) atoms. The van der Waals surface area contributed by atoms with Crippen molar-refractivity contribution in [3.8, 4) is 0 Å². The van der Waals surface area contributed by atoms with Crippen LogP contribution in [0.2, 0.25) is 0 Å². The number of amides is 1. The zero-order chi connectivity index (χ0) is 12.3. The van der Waals surface area contributed by atoms with Crippen molar-refractivity contribution in [1.29, 1.82) is 0 Å². The summed E-state index contributed by atoms with van der Waals surface area (Å²) >= 11 is 0. The number of hydrogen-bond acceptors (Lipinski definition) is 2. The van der Waals surface area contributed by atoms with Crippen molar-refractivity contribution in [2.75, 3.05) is 25.0 Å². The van der Waals surface area contributed by atoms with Crippen molar-refractivity contribution < 1.29 is 4.79 Å². The maximum absolute atomic E-state index is 12.0. The number of aryl methyl sites for hydroxylation is 1. The van der Waals surface area contributed by atoms with Gasteiger partial charge in [-0.1, -0.05) is 25.1 Å². The van der Waals surface area contributed by atoms with Crippen molar-refractivity contribution >= 4 is 11.6 Å². The second-order valence-corrected chi connectivity index (χ2v) is 4.80. The van der Waals surface area contributed by atoms with E-state index >= 15 is 0 Å². The fourth-order valence-corrected chi connectivity index (χ4v) is 2.42. The number of anilines is 1. The Labute approximate surface area is 103 Å². The molecule has 1 aromatic rings. The lowest BCUT2D eigenvalue weighted by Gasteiger charge is -2.31. The molecule has 0 aromatic heterocycles. The first-order chi connectivity index (χ1) is 8.22. The third-order valence-corrected chi connectivity index (χ3v) is 3.24. The van der Waals surface area contributed by atoms with Gasteiger partial charge in [0.05, 0.1) is 0 Å². The summed E-state index contributed by atoms with van der Waals surface area (Å²) in [5.74, 6) is 0.724. The molecule has 0 radical (unpaired) electrons. The maximum Gasteiger partial charge on any atom is 0.227 e. The number of carbonyl (C=O) groups excluding carboxylic acids is 1. The Morgan fingerprint density at radius 3 is 2.88 bits per heavy atom. The first-order valence-electron chi connectivity index (χ1n) is 6.25. The van der Waals surface area contributed by atoms with Gasteiger partial charge in [-0.15, -0.1) is 0 Å². The van der Waals surface area contributed by atoms with Crippen LogP contribution in [0.3, 0.4) is 0 Å². The minimum atomic E-state index is 0.256. The van der Waals surface area contributed by atoms with Crippen molar-refractivity contribution in [1.82, 2.24) is 5.32 Å². The Bertz CT molecular complexity index is 403. The van der Waals surface area contributed by atoms with Gasteiger partial charge in [0.25, 0.3) is 0 Å². The molecular formula is C14H20N2O. The summed E-state index contributed by atoms with van der Waals surface area (Å²) < 4.78 is 0. The molecule has 1 atom stereocenters. The molecule has 1 aromatic carbocycles. The standard InChI is InChI=1S/C14H20N2O/c1-11(9-15-2)10-16-13-6-4-3-5-12(13)7-8-14(16)17/h3-6,11,15H,7-10H2,1-2H3. The molecular weight excluding hydrogens is 212 g/mol. The van der Waals surface area contributed by atoms with Gasteiger partial charge in [-0.05, 0) is 37.6 Å². The number of hydrogen-bond donors (Lipinski definition) is 1. The largest absolute Gasteiger partial charge is 0.319 e. The lowest BCUT2D eigenvalue weighted by Crippen LogP contribution is -2.40. The minimum Gasteiger partial charge on any atom is -0.319 e. The molecule has 2 rings (SSSR count). The van der Waals surface area contributed by atoms with Gasteiger partial charge in [0, 0.05) is 18.7 Å². The van der Waals surface area contributed by atoms with E-state index in [0.717, 1.165) is 25.2 Å². The summed E-state index contributed by atoms with van der Waals surface area (Å²) in [6.45, 7) is 3.91. The summed E-state index contributed by atoms with van der Waals surface area (Å²) in [6.07, 6.45) is 1.52. The first-order valence-corrected chi connectivity index (χ1v) is 6.25. The number of rotatable bonds is 4. The van der Waals surface area contributed by atoms with E-state index in [4.69, 9.17) is 0 Å². The topological polar surface area (TPSA) is 32.3 Å². The van der Waals surface area contributed by atoms with Gasteiger partial charge in [0.15, 0.2) is 0 Å². The van der Waals surface area contributed by atoms with Crippen LogP contribution in [0.5, 0.6) is 0 Å². The molecule has 3 heteroatoms. The average molecular weight is 232 g/mol. The van der Waals surface area contributed by atoms with Crippen LogP contribution in [0.25, 0.3) is 0 Å². The van der Waals surface area contributed by atoms with E-state index in [1.165, 1.54) is 5.56 Å². The Hall–Kier alpha value is -1.35. The third-order valence-electron chi connectivity index (χ3n) is 3.24. The number of benzene rings is 1. The lowest BCUT2D eigenvalue weighted by atomic mass is 10.00. The molecule has 1 aliphatic rings. The Morgan fingerprint density at radius 1 is 1.35 bits per heavy atom. The number of para-hydroxylation sites is 1. The van der Waals surface area contributed by atoms with E-state index in [1.54, 1.807) is 0 Å². The summed E-state index contributed by atoms with van der Waals surface area (Å²) in [5.41, 5.74) is 2.40. The summed E-state index contributed by atoms with van der Waals surface area (Å²) in [4.78, 5) is 13.9. The van der Waals surface area contributed by atoms with Crippen molar-refractivity contribution in [2.45, 2.75) is 19.8 Å². The number of carbonyl (C=O) groups is 1. The second kappa shape index (κ2) is 5.32. The quantitative estimate of drug-likeness (QED) is 0.859. The predicted molar refractivity (Wildman–Crippen MR) is 70.2 cm³/mol. The molecule has 0 saturated carbocycles. The summed E-state index contributed by atoms with van der Waals surface area (Å²) in [5, 5.41) is 3.16.